The Labute approximate surface area is 103 Å². The van der Waals surface area contributed by atoms with E-state index in [-0.39, 0.29) is 0 Å². The van der Waals surface area contributed by atoms with Gasteiger partial charge in [0.1, 0.15) is 0 Å². The molecule has 1 aromatic heterocycles. The molecule has 0 aliphatic carbocycles. The lowest BCUT2D eigenvalue weighted by Crippen LogP contribution is -2.37. The highest BCUT2D eigenvalue weighted by Gasteiger charge is 2.22. The molecule has 2 nitrogen and oxygen atoms in total. The van der Waals surface area contributed by atoms with Crippen molar-refractivity contribution in [2.45, 2.75) is 53.0 Å². The van der Waals surface area contributed by atoms with Gasteiger partial charge in [-0.15, -0.1) is 11.3 Å². The average Bonchev–Trinajstić information content (AvgIpc) is 2.57. The largest absolute Gasteiger partial charge is 0.316 e. The molecule has 0 aromatic carbocycles. The lowest BCUT2D eigenvalue weighted by Gasteiger charge is -2.30. The van der Waals surface area contributed by atoms with Gasteiger partial charge >= 0.3 is 0 Å². The summed E-state index contributed by atoms with van der Waals surface area (Å²) in [7, 11) is 2.06. The van der Waals surface area contributed by atoms with Gasteiger partial charge in [-0.2, -0.15) is 0 Å². The minimum atomic E-state index is 0.340. The minimum Gasteiger partial charge on any atom is -0.316 e. The van der Waals surface area contributed by atoms with Gasteiger partial charge < -0.3 is 5.32 Å². The zero-order valence-electron chi connectivity index (χ0n) is 11.1. The maximum Gasteiger partial charge on any atom is 0.0897 e. The Morgan fingerprint density at radius 2 is 2.12 bits per heavy atom. The summed E-state index contributed by atoms with van der Waals surface area (Å²) in [5.74, 6) is 0. The quantitative estimate of drug-likeness (QED) is 0.853. The summed E-state index contributed by atoms with van der Waals surface area (Å²) < 4.78 is 0. The Balaban J connectivity index is 2.34. The molecule has 0 bridgehead atoms. The second-order valence-electron chi connectivity index (χ2n) is 5.46. The molecule has 0 aliphatic rings. The third-order valence-corrected chi connectivity index (χ3v) is 3.81. The lowest BCUT2D eigenvalue weighted by atomic mass is 9.84. The van der Waals surface area contributed by atoms with Crippen LogP contribution in [0.15, 0.2) is 5.38 Å². The van der Waals surface area contributed by atoms with Crippen molar-refractivity contribution in [2.24, 2.45) is 5.41 Å². The maximum atomic E-state index is 4.49. The highest BCUT2D eigenvalue weighted by molar-refractivity contribution is 7.09. The van der Waals surface area contributed by atoms with Crippen molar-refractivity contribution in [3.05, 3.63) is 16.1 Å². The maximum absolute atomic E-state index is 4.49. The number of nitrogens with one attached hydrogen (secondary N) is 1. The van der Waals surface area contributed by atoms with Gasteiger partial charge in [-0.05, 0) is 38.6 Å². The molecule has 0 saturated heterocycles. The van der Waals surface area contributed by atoms with E-state index in [1.807, 2.05) is 0 Å². The molecule has 0 fully saturated rings. The molecule has 1 aromatic rings. The number of hydrogen-bond donors (Lipinski definition) is 1. The van der Waals surface area contributed by atoms with E-state index in [1.54, 1.807) is 11.3 Å². The van der Waals surface area contributed by atoms with E-state index in [9.17, 15) is 0 Å². The Bertz CT molecular complexity index is 312. The van der Waals surface area contributed by atoms with E-state index in [2.05, 4.69) is 50.4 Å². The molecular formula is C13H24N2S. The first-order valence-electron chi connectivity index (χ1n) is 6.01. The average molecular weight is 240 g/mol. The van der Waals surface area contributed by atoms with Crippen molar-refractivity contribution >= 4 is 11.3 Å². The second-order valence-corrected chi connectivity index (χ2v) is 6.52. The third kappa shape index (κ3) is 4.22. The van der Waals surface area contributed by atoms with Crippen LogP contribution in [0.1, 0.15) is 44.3 Å². The van der Waals surface area contributed by atoms with Crippen LogP contribution in [0.2, 0.25) is 0 Å². The lowest BCUT2D eigenvalue weighted by molar-refractivity contribution is 0.263. The Kier molecular flexibility index (Phi) is 4.93. The monoisotopic (exact) mass is 240 g/mol. The topological polar surface area (TPSA) is 24.9 Å². The van der Waals surface area contributed by atoms with Gasteiger partial charge in [-0.3, -0.25) is 0 Å². The molecule has 1 heterocycles. The molecule has 1 unspecified atom stereocenters. The number of thiazole rings is 1. The summed E-state index contributed by atoms with van der Waals surface area (Å²) in [6.07, 6.45) is 3.54. The van der Waals surface area contributed by atoms with E-state index >= 15 is 0 Å². The van der Waals surface area contributed by atoms with Crippen LogP contribution < -0.4 is 5.32 Å². The molecule has 1 rings (SSSR count). The highest BCUT2D eigenvalue weighted by atomic mass is 32.1. The Morgan fingerprint density at radius 3 is 2.56 bits per heavy atom. The molecule has 0 radical (unpaired) electrons. The summed E-state index contributed by atoms with van der Waals surface area (Å²) >= 11 is 1.75. The summed E-state index contributed by atoms with van der Waals surface area (Å²) in [5.41, 5.74) is 1.60. The standard InChI is InChI=1S/C13H24N2S/c1-10-15-11(9-16-10)7-6-8-12(14-5)13(2,3)4/h9,12,14H,6-8H2,1-5H3. The predicted molar refractivity (Wildman–Crippen MR) is 72.1 cm³/mol. The zero-order chi connectivity index (χ0) is 12.2. The van der Waals surface area contributed by atoms with Gasteiger partial charge in [0.05, 0.1) is 10.7 Å². The fourth-order valence-electron chi connectivity index (χ4n) is 2.02. The van der Waals surface area contributed by atoms with Crippen LogP contribution in [0.3, 0.4) is 0 Å². The third-order valence-electron chi connectivity index (χ3n) is 2.99. The van der Waals surface area contributed by atoms with E-state index in [0.29, 0.717) is 11.5 Å². The first kappa shape index (κ1) is 13.7. The second kappa shape index (κ2) is 5.78. The van der Waals surface area contributed by atoms with E-state index < -0.39 is 0 Å². The molecule has 0 spiro atoms. The Morgan fingerprint density at radius 1 is 1.44 bits per heavy atom. The van der Waals surface area contributed by atoms with E-state index in [1.165, 1.54) is 23.5 Å². The minimum absolute atomic E-state index is 0.340. The molecule has 0 saturated carbocycles. The first-order valence-corrected chi connectivity index (χ1v) is 6.89. The van der Waals surface area contributed by atoms with Crippen molar-refractivity contribution in [3.8, 4) is 0 Å². The SMILES string of the molecule is CNC(CCCc1csc(C)n1)C(C)(C)C. The molecule has 0 aliphatic heterocycles. The fourth-order valence-corrected chi connectivity index (χ4v) is 2.67. The summed E-state index contributed by atoms with van der Waals surface area (Å²) in [6.45, 7) is 8.95. The molecule has 1 N–H and O–H groups in total. The number of aromatic nitrogens is 1. The zero-order valence-corrected chi connectivity index (χ0v) is 11.9. The molecule has 0 amide bonds. The van der Waals surface area contributed by atoms with Crippen LogP contribution >= 0.6 is 11.3 Å². The molecule has 3 heteroatoms. The molecule has 16 heavy (non-hydrogen) atoms. The van der Waals surface area contributed by atoms with Crippen LogP contribution in [-0.2, 0) is 6.42 Å². The molecule has 1 atom stereocenters. The van der Waals surface area contributed by atoms with Crippen molar-refractivity contribution in [1.82, 2.24) is 10.3 Å². The van der Waals surface area contributed by atoms with Gasteiger partial charge in [0, 0.05) is 11.4 Å². The van der Waals surface area contributed by atoms with Crippen LogP contribution in [0.4, 0.5) is 0 Å². The van der Waals surface area contributed by atoms with Crippen molar-refractivity contribution < 1.29 is 0 Å². The van der Waals surface area contributed by atoms with Crippen LogP contribution in [0.25, 0.3) is 0 Å². The van der Waals surface area contributed by atoms with Crippen LogP contribution in [0, 0.1) is 12.3 Å². The number of rotatable bonds is 5. The van der Waals surface area contributed by atoms with Crippen molar-refractivity contribution in [3.63, 3.8) is 0 Å². The summed E-state index contributed by atoms with van der Waals surface area (Å²) in [4.78, 5) is 4.49. The van der Waals surface area contributed by atoms with Crippen LogP contribution in [0.5, 0.6) is 0 Å². The predicted octanol–water partition coefficient (Wildman–Crippen LogP) is 3.41. The highest BCUT2D eigenvalue weighted by Crippen LogP contribution is 2.23. The van der Waals surface area contributed by atoms with Gasteiger partial charge in [0.25, 0.3) is 0 Å². The van der Waals surface area contributed by atoms with E-state index in [4.69, 9.17) is 0 Å². The molecular weight excluding hydrogens is 216 g/mol. The normalized spacial score (nSPS) is 14.1. The summed E-state index contributed by atoms with van der Waals surface area (Å²) in [5, 5.41) is 6.77. The van der Waals surface area contributed by atoms with E-state index in [0.717, 1.165) is 6.42 Å². The van der Waals surface area contributed by atoms with Crippen molar-refractivity contribution in [1.29, 1.82) is 0 Å². The Hall–Kier alpha value is -0.410. The van der Waals surface area contributed by atoms with Gasteiger partial charge in [-0.25, -0.2) is 4.98 Å². The fraction of sp³-hybridized carbons (Fsp3) is 0.769. The first-order chi connectivity index (χ1) is 7.43. The molecule has 92 valence electrons. The van der Waals surface area contributed by atoms with Gasteiger partial charge in [0.2, 0.25) is 0 Å². The summed E-state index contributed by atoms with van der Waals surface area (Å²) in [6, 6.07) is 0.590. The van der Waals surface area contributed by atoms with Gasteiger partial charge in [-0.1, -0.05) is 20.8 Å². The number of hydrogen-bond acceptors (Lipinski definition) is 3. The van der Waals surface area contributed by atoms with Gasteiger partial charge in [0.15, 0.2) is 0 Å². The number of nitrogens with zero attached hydrogens (tertiary/aromatic N) is 1. The van der Waals surface area contributed by atoms with Crippen molar-refractivity contribution in [2.75, 3.05) is 7.05 Å². The van der Waals surface area contributed by atoms with Crippen LogP contribution in [-0.4, -0.2) is 18.1 Å². The number of aryl methyl sites for hydroxylation is 2. The smallest absolute Gasteiger partial charge is 0.0897 e.